The van der Waals surface area contributed by atoms with Gasteiger partial charge in [0.15, 0.2) is 0 Å². The molecule has 0 spiro atoms. The maximum absolute atomic E-state index is 12.1. The molecule has 2 N–H and O–H groups in total. The fourth-order valence-electron chi connectivity index (χ4n) is 2.27. The molecular weight excluding hydrogens is 320 g/mol. The molecule has 1 aromatic rings. The molecule has 25 heavy (non-hydrogen) atoms. The number of rotatable bonds is 10. The fraction of sp³-hybridized carbons (Fsp3) is 0.526. The van der Waals surface area contributed by atoms with Crippen LogP contribution >= 0.6 is 0 Å². The van der Waals surface area contributed by atoms with Crippen molar-refractivity contribution < 1.29 is 19.1 Å². The Morgan fingerprint density at radius 1 is 1.04 bits per heavy atom. The number of carbonyl (C=O) groups excluding carboxylic acids is 3. The van der Waals surface area contributed by atoms with Crippen molar-refractivity contribution in [2.24, 2.45) is 5.92 Å². The summed E-state index contributed by atoms with van der Waals surface area (Å²) in [5.41, 5.74) is 0.921. The van der Waals surface area contributed by atoms with E-state index in [4.69, 9.17) is 4.74 Å². The average molecular weight is 348 g/mol. The molecule has 1 atom stereocenters. The highest BCUT2D eigenvalue weighted by molar-refractivity contribution is 5.87. The van der Waals surface area contributed by atoms with E-state index in [1.54, 1.807) is 0 Å². The first kappa shape index (κ1) is 20.7. The van der Waals surface area contributed by atoms with E-state index >= 15 is 0 Å². The lowest BCUT2D eigenvalue weighted by molar-refractivity contribution is -0.145. The zero-order valence-corrected chi connectivity index (χ0v) is 15.2. The van der Waals surface area contributed by atoms with Gasteiger partial charge in [0.1, 0.15) is 6.04 Å². The number of hydrogen-bond donors (Lipinski definition) is 2. The summed E-state index contributed by atoms with van der Waals surface area (Å²) in [5.74, 6) is -0.486. The van der Waals surface area contributed by atoms with Crippen LogP contribution in [0.25, 0.3) is 0 Å². The third-order valence-electron chi connectivity index (χ3n) is 3.73. The van der Waals surface area contributed by atoms with Crippen LogP contribution < -0.4 is 10.6 Å². The van der Waals surface area contributed by atoms with Gasteiger partial charge < -0.3 is 15.4 Å². The first-order valence-corrected chi connectivity index (χ1v) is 8.60. The second kappa shape index (κ2) is 11.2. The minimum atomic E-state index is -0.760. The molecule has 6 heteroatoms. The molecule has 0 saturated carbocycles. The zero-order valence-electron chi connectivity index (χ0n) is 15.2. The quantitative estimate of drug-likeness (QED) is 0.632. The third-order valence-corrected chi connectivity index (χ3v) is 3.73. The van der Waals surface area contributed by atoms with Crippen molar-refractivity contribution in [2.75, 3.05) is 13.7 Å². The van der Waals surface area contributed by atoms with E-state index in [0.29, 0.717) is 18.9 Å². The number of amides is 2. The summed E-state index contributed by atoms with van der Waals surface area (Å²) in [4.78, 5) is 35.6. The summed E-state index contributed by atoms with van der Waals surface area (Å²) in [7, 11) is 1.29. The van der Waals surface area contributed by atoms with Crippen LogP contribution in [0.3, 0.4) is 0 Å². The summed E-state index contributed by atoms with van der Waals surface area (Å²) in [6.07, 6.45) is 1.39. The molecule has 0 radical (unpaired) electrons. The van der Waals surface area contributed by atoms with Crippen molar-refractivity contribution >= 4 is 17.8 Å². The van der Waals surface area contributed by atoms with Gasteiger partial charge in [-0.05, 0) is 17.9 Å². The second-order valence-corrected chi connectivity index (χ2v) is 6.37. The first-order chi connectivity index (χ1) is 11.9. The highest BCUT2D eigenvalue weighted by atomic mass is 16.5. The predicted molar refractivity (Wildman–Crippen MR) is 95.8 cm³/mol. The molecule has 2 amide bonds. The van der Waals surface area contributed by atoms with Crippen LogP contribution in [0.1, 0.15) is 38.7 Å². The summed E-state index contributed by atoms with van der Waals surface area (Å²) in [5, 5.41) is 5.44. The normalized spacial score (nSPS) is 11.7. The van der Waals surface area contributed by atoms with Crippen molar-refractivity contribution in [1.29, 1.82) is 0 Å². The van der Waals surface area contributed by atoms with Gasteiger partial charge in [-0.2, -0.15) is 0 Å². The summed E-state index contributed by atoms with van der Waals surface area (Å²) in [6.45, 7) is 4.77. The number of benzene rings is 1. The molecular formula is C19H28N2O4. The molecule has 6 nitrogen and oxygen atoms in total. The Morgan fingerprint density at radius 2 is 1.68 bits per heavy atom. The summed E-state index contributed by atoms with van der Waals surface area (Å²) >= 11 is 0. The molecule has 0 aromatic heterocycles. The molecule has 138 valence electrons. The lowest BCUT2D eigenvalue weighted by atomic mass is 10.1. The molecule has 0 aliphatic rings. The van der Waals surface area contributed by atoms with Gasteiger partial charge in [0, 0.05) is 25.8 Å². The molecule has 0 saturated heterocycles. The van der Waals surface area contributed by atoms with E-state index in [-0.39, 0.29) is 24.7 Å². The third kappa shape index (κ3) is 8.88. The van der Waals surface area contributed by atoms with Gasteiger partial charge in [-0.25, -0.2) is 4.79 Å². The molecule has 0 aliphatic carbocycles. The van der Waals surface area contributed by atoms with Gasteiger partial charge in [-0.3, -0.25) is 9.59 Å². The van der Waals surface area contributed by atoms with Gasteiger partial charge in [0.2, 0.25) is 11.8 Å². The van der Waals surface area contributed by atoms with Crippen LogP contribution in [0.4, 0.5) is 0 Å². The van der Waals surface area contributed by atoms with Crippen molar-refractivity contribution in [3.05, 3.63) is 35.9 Å². The van der Waals surface area contributed by atoms with Crippen LogP contribution in [0.2, 0.25) is 0 Å². The lowest BCUT2D eigenvalue weighted by Gasteiger charge is -2.16. The Labute approximate surface area is 149 Å². The SMILES string of the molecule is COC(=O)[C@@H](Cc1ccccc1)NC(=O)CCC(=O)NCCC(C)C. The highest BCUT2D eigenvalue weighted by Gasteiger charge is 2.22. The molecule has 0 bridgehead atoms. The van der Waals surface area contributed by atoms with Gasteiger partial charge in [-0.1, -0.05) is 44.2 Å². The molecule has 0 heterocycles. The maximum atomic E-state index is 12.1. The Kier molecular flexibility index (Phi) is 9.29. The molecule has 0 aliphatic heterocycles. The lowest BCUT2D eigenvalue weighted by Crippen LogP contribution is -2.43. The van der Waals surface area contributed by atoms with Crippen molar-refractivity contribution in [3.63, 3.8) is 0 Å². The van der Waals surface area contributed by atoms with Crippen molar-refractivity contribution in [1.82, 2.24) is 10.6 Å². The number of carbonyl (C=O) groups is 3. The Bertz CT molecular complexity index is 558. The van der Waals surface area contributed by atoms with E-state index in [9.17, 15) is 14.4 Å². The van der Waals surface area contributed by atoms with E-state index in [2.05, 4.69) is 24.5 Å². The summed E-state index contributed by atoms with van der Waals surface area (Å²) in [6, 6.07) is 8.62. The Hall–Kier alpha value is -2.37. The van der Waals surface area contributed by atoms with E-state index in [1.807, 2.05) is 30.3 Å². The number of ether oxygens (including phenoxy) is 1. The largest absolute Gasteiger partial charge is 0.467 e. The van der Waals surface area contributed by atoms with E-state index in [0.717, 1.165) is 12.0 Å². The standard InChI is InChI=1S/C19H28N2O4/c1-14(2)11-12-20-17(22)9-10-18(23)21-16(19(24)25-3)13-15-7-5-4-6-8-15/h4-8,14,16H,9-13H2,1-3H3,(H,20,22)(H,21,23)/t16-/m1/s1. The number of hydrogen-bond acceptors (Lipinski definition) is 4. The summed E-state index contributed by atoms with van der Waals surface area (Å²) < 4.78 is 4.75. The highest BCUT2D eigenvalue weighted by Crippen LogP contribution is 2.05. The molecule has 0 unspecified atom stereocenters. The minimum absolute atomic E-state index is 0.0375. The average Bonchev–Trinajstić information content (AvgIpc) is 2.59. The first-order valence-electron chi connectivity index (χ1n) is 8.60. The second-order valence-electron chi connectivity index (χ2n) is 6.37. The number of methoxy groups -OCH3 is 1. The molecule has 0 fully saturated rings. The van der Waals surface area contributed by atoms with E-state index in [1.165, 1.54) is 7.11 Å². The molecule has 1 rings (SSSR count). The Morgan fingerprint density at radius 3 is 2.28 bits per heavy atom. The maximum Gasteiger partial charge on any atom is 0.328 e. The predicted octanol–water partition coefficient (Wildman–Crippen LogP) is 1.83. The van der Waals surface area contributed by atoms with Crippen LogP contribution in [0.5, 0.6) is 0 Å². The van der Waals surface area contributed by atoms with Crippen molar-refractivity contribution in [3.8, 4) is 0 Å². The van der Waals surface area contributed by atoms with Crippen LogP contribution in [-0.4, -0.2) is 37.5 Å². The van der Waals surface area contributed by atoms with Gasteiger partial charge in [0.25, 0.3) is 0 Å². The van der Waals surface area contributed by atoms with Crippen LogP contribution in [-0.2, 0) is 25.5 Å². The smallest absolute Gasteiger partial charge is 0.328 e. The van der Waals surface area contributed by atoms with Crippen LogP contribution in [0, 0.1) is 5.92 Å². The molecule has 1 aromatic carbocycles. The van der Waals surface area contributed by atoms with E-state index < -0.39 is 12.0 Å². The van der Waals surface area contributed by atoms with Gasteiger partial charge in [-0.15, -0.1) is 0 Å². The van der Waals surface area contributed by atoms with Crippen LogP contribution in [0.15, 0.2) is 30.3 Å². The number of nitrogens with one attached hydrogen (secondary N) is 2. The van der Waals surface area contributed by atoms with Gasteiger partial charge >= 0.3 is 5.97 Å². The topological polar surface area (TPSA) is 84.5 Å². The van der Waals surface area contributed by atoms with Gasteiger partial charge in [0.05, 0.1) is 7.11 Å². The van der Waals surface area contributed by atoms with Crippen molar-refractivity contribution in [2.45, 2.75) is 45.6 Å². The zero-order chi connectivity index (χ0) is 18.7. The fourth-order valence-corrected chi connectivity index (χ4v) is 2.27. The Balaban J connectivity index is 2.44. The number of esters is 1. The monoisotopic (exact) mass is 348 g/mol. The minimum Gasteiger partial charge on any atom is -0.467 e.